The molecule has 0 amide bonds. The fraction of sp³-hybridized carbons (Fsp3) is 0.188. The van der Waals surface area contributed by atoms with Crippen molar-refractivity contribution >= 4 is 21.6 Å². The lowest BCUT2D eigenvalue weighted by molar-refractivity contribution is 0.402. The Morgan fingerprint density at radius 1 is 1.27 bits per heavy atom. The zero-order valence-corrected chi connectivity index (χ0v) is 15.3. The van der Waals surface area contributed by atoms with E-state index in [2.05, 4.69) is 19.9 Å². The molecule has 0 saturated carbocycles. The second kappa shape index (κ2) is 7.81. The fourth-order valence-corrected chi connectivity index (χ4v) is 3.65. The van der Waals surface area contributed by atoms with Crippen LogP contribution in [0.1, 0.15) is 5.89 Å². The van der Waals surface area contributed by atoms with E-state index in [1.165, 1.54) is 19.2 Å². The molecule has 1 aromatic carbocycles. The summed E-state index contributed by atoms with van der Waals surface area (Å²) in [6, 6.07) is 7.92. The highest BCUT2D eigenvalue weighted by molar-refractivity contribution is 7.89. The number of halogens is 1. The van der Waals surface area contributed by atoms with Crippen molar-refractivity contribution in [2.75, 3.05) is 13.7 Å². The largest absolute Gasteiger partial charge is 0.495 e. The Balaban J connectivity index is 1.66. The van der Waals surface area contributed by atoms with E-state index in [-0.39, 0.29) is 23.6 Å². The Bertz CT molecular complexity index is 992. The second-order valence-electron chi connectivity index (χ2n) is 5.19. The number of hydrogen-bond acceptors (Lipinski definition) is 7. The van der Waals surface area contributed by atoms with Gasteiger partial charge in [0, 0.05) is 30.4 Å². The third-order valence-corrected chi connectivity index (χ3v) is 5.14. The molecular weight excluding hydrogens is 380 g/mol. The second-order valence-corrected chi connectivity index (χ2v) is 7.36. The van der Waals surface area contributed by atoms with E-state index in [4.69, 9.17) is 20.8 Å². The highest BCUT2D eigenvalue weighted by Crippen LogP contribution is 2.26. The lowest BCUT2D eigenvalue weighted by atomic mass is 10.3. The van der Waals surface area contributed by atoms with E-state index < -0.39 is 10.0 Å². The summed E-state index contributed by atoms with van der Waals surface area (Å²) in [6.45, 7) is 0.0761. The van der Waals surface area contributed by atoms with E-state index in [0.29, 0.717) is 22.4 Å². The molecule has 0 unspecified atom stereocenters. The van der Waals surface area contributed by atoms with Crippen LogP contribution in [0.4, 0.5) is 0 Å². The molecular formula is C16H15ClN4O4S. The van der Waals surface area contributed by atoms with Crippen LogP contribution in [-0.4, -0.2) is 37.3 Å². The monoisotopic (exact) mass is 394 g/mol. The van der Waals surface area contributed by atoms with Gasteiger partial charge in [0.25, 0.3) is 0 Å². The van der Waals surface area contributed by atoms with Crippen molar-refractivity contribution in [1.29, 1.82) is 0 Å². The SMILES string of the molecule is COc1ccc(Cl)cc1S(=O)(=O)NCCc1nnc(-c2cccnc2)o1. The molecule has 3 aromatic rings. The smallest absolute Gasteiger partial charge is 0.249 e. The van der Waals surface area contributed by atoms with Crippen molar-refractivity contribution in [1.82, 2.24) is 19.9 Å². The third-order valence-electron chi connectivity index (χ3n) is 3.42. The van der Waals surface area contributed by atoms with Crippen LogP contribution in [0.2, 0.25) is 5.02 Å². The first-order chi connectivity index (χ1) is 12.5. The summed E-state index contributed by atoms with van der Waals surface area (Å²) in [5.74, 6) is 0.843. The molecule has 10 heteroatoms. The average Bonchev–Trinajstić information content (AvgIpc) is 3.11. The number of sulfonamides is 1. The van der Waals surface area contributed by atoms with Crippen molar-refractivity contribution in [3.05, 3.63) is 53.6 Å². The maximum atomic E-state index is 12.5. The van der Waals surface area contributed by atoms with Crippen LogP contribution in [0.3, 0.4) is 0 Å². The molecule has 0 saturated heterocycles. The molecule has 0 aliphatic carbocycles. The summed E-state index contributed by atoms with van der Waals surface area (Å²) in [7, 11) is -2.41. The van der Waals surface area contributed by atoms with Crippen molar-refractivity contribution < 1.29 is 17.6 Å². The van der Waals surface area contributed by atoms with Crippen LogP contribution < -0.4 is 9.46 Å². The summed E-state index contributed by atoms with van der Waals surface area (Å²) in [5.41, 5.74) is 0.690. The molecule has 0 radical (unpaired) electrons. The topological polar surface area (TPSA) is 107 Å². The Hall–Kier alpha value is -2.49. The number of methoxy groups -OCH3 is 1. The zero-order valence-electron chi connectivity index (χ0n) is 13.7. The Morgan fingerprint density at radius 2 is 2.12 bits per heavy atom. The molecule has 8 nitrogen and oxygen atoms in total. The maximum absolute atomic E-state index is 12.5. The molecule has 2 aromatic heterocycles. The molecule has 26 heavy (non-hydrogen) atoms. The number of benzene rings is 1. The molecule has 2 heterocycles. The molecule has 3 rings (SSSR count). The van der Waals surface area contributed by atoms with Crippen LogP contribution in [0.25, 0.3) is 11.5 Å². The average molecular weight is 395 g/mol. The molecule has 0 aliphatic heterocycles. The van der Waals surface area contributed by atoms with Crippen LogP contribution >= 0.6 is 11.6 Å². The van der Waals surface area contributed by atoms with Crippen molar-refractivity contribution in [2.24, 2.45) is 0 Å². The van der Waals surface area contributed by atoms with Gasteiger partial charge in [0.05, 0.1) is 12.7 Å². The zero-order chi connectivity index (χ0) is 18.6. The van der Waals surface area contributed by atoms with Gasteiger partial charge in [-0.3, -0.25) is 4.98 Å². The summed E-state index contributed by atoms with van der Waals surface area (Å²) in [6.07, 6.45) is 3.47. The fourth-order valence-electron chi connectivity index (χ4n) is 2.19. The van der Waals surface area contributed by atoms with Gasteiger partial charge in [-0.05, 0) is 30.3 Å². The first kappa shape index (κ1) is 18.3. The van der Waals surface area contributed by atoms with E-state index in [1.54, 1.807) is 30.6 Å². The molecule has 0 aliphatic rings. The lowest BCUT2D eigenvalue weighted by Gasteiger charge is -2.10. The van der Waals surface area contributed by atoms with Crippen molar-refractivity contribution in [3.8, 4) is 17.2 Å². The predicted molar refractivity (Wildman–Crippen MR) is 94.4 cm³/mol. The van der Waals surface area contributed by atoms with Gasteiger partial charge in [0.1, 0.15) is 10.6 Å². The van der Waals surface area contributed by atoms with Gasteiger partial charge in [-0.25, -0.2) is 13.1 Å². The van der Waals surface area contributed by atoms with E-state index in [9.17, 15) is 8.42 Å². The maximum Gasteiger partial charge on any atom is 0.249 e. The highest BCUT2D eigenvalue weighted by atomic mass is 35.5. The van der Waals surface area contributed by atoms with Gasteiger partial charge < -0.3 is 9.15 Å². The van der Waals surface area contributed by atoms with Crippen LogP contribution in [-0.2, 0) is 16.4 Å². The Labute approximate surface area is 155 Å². The number of rotatable bonds is 7. The first-order valence-electron chi connectivity index (χ1n) is 7.55. The molecule has 0 spiro atoms. The minimum absolute atomic E-state index is 0.0333. The van der Waals surface area contributed by atoms with E-state index >= 15 is 0 Å². The number of ether oxygens (including phenoxy) is 1. The minimum Gasteiger partial charge on any atom is -0.495 e. The number of aromatic nitrogens is 3. The highest BCUT2D eigenvalue weighted by Gasteiger charge is 2.20. The normalized spacial score (nSPS) is 11.5. The quantitative estimate of drug-likeness (QED) is 0.655. The minimum atomic E-state index is -3.80. The first-order valence-corrected chi connectivity index (χ1v) is 9.42. The molecule has 0 fully saturated rings. The van der Waals surface area contributed by atoms with Crippen LogP contribution in [0.5, 0.6) is 5.75 Å². The van der Waals surface area contributed by atoms with Gasteiger partial charge in [0.2, 0.25) is 21.8 Å². The van der Waals surface area contributed by atoms with Crippen molar-refractivity contribution in [2.45, 2.75) is 11.3 Å². The lowest BCUT2D eigenvalue weighted by Crippen LogP contribution is -2.26. The number of pyridine rings is 1. The Morgan fingerprint density at radius 3 is 2.85 bits per heavy atom. The van der Waals surface area contributed by atoms with Crippen LogP contribution in [0.15, 0.2) is 52.0 Å². The summed E-state index contributed by atoms with van der Waals surface area (Å²) in [4.78, 5) is 3.95. The number of nitrogens with one attached hydrogen (secondary N) is 1. The van der Waals surface area contributed by atoms with Gasteiger partial charge in [-0.2, -0.15) is 0 Å². The van der Waals surface area contributed by atoms with Crippen LogP contribution in [0, 0.1) is 0 Å². The predicted octanol–water partition coefficient (Wildman–Crippen LogP) is 2.31. The summed E-state index contributed by atoms with van der Waals surface area (Å²) < 4.78 is 38.0. The molecule has 136 valence electrons. The summed E-state index contributed by atoms with van der Waals surface area (Å²) >= 11 is 5.88. The molecule has 0 atom stereocenters. The van der Waals surface area contributed by atoms with Gasteiger partial charge >= 0.3 is 0 Å². The summed E-state index contributed by atoms with van der Waals surface area (Å²) in [5, 5.41) is 8.13. The molecule has 1 N–H and O–H groups in total. The van der Waals surface area contributed by atoms with Gasteiger partial charge in [-0.15, -0.1) is 10.2 Å². The van der Waals surface area contributed by atoms with E-state index in [1.807, 2.05) is 0 Å². The van der Waals surface area contributed by atoms with E-state index in [0.717, 1.165) is 0 Å². The number of hydrogen-bond donors (Lipinski definition) is 1. The third kappa shape index (κ3) is 4.18. The van der Waals surface area contributed by atoms with Crippen molar-refractivity contribution in [3.63, 3.8) is 0 Å². The van der Waals surface area contributed by atoms with Gasteiger partial charge in [-0.1, -0.05) is 11.6 Å². The standard InChI is InChI=1S/C16H15ClN4O4S/c1-24-13-5-4-12(17)9-14(13)26(22,23)19-8-6-15-20-21-16(25-15)11-3-2-7-18-10-11/h2-5,7,9-10,19H,6,8H2,1H3. The molecule has 0 bridgehead atoms. The Kier molecular flexibility index (Phi) is 5.50. The van der Waals surface area contributed by atoms with Gasteiger partial charge in [0.15, 0.2) is 0 Å². The number of nitrogens with zero attached hydrogens (tertiary/aromatic N) is 3.